The highest BCUT2D eigenvalue weighted by Gasteiger charge is 2.30. The number of nitrogens with zero attached hydrogens (tertiary/aromatic N) is 1. The number of amides is 1. The number of carbonyl (C=O) groups is 1. The molecule has 1 aliphatic heterocycles. The first-order valence-corrected chi connectivity index (χ1v) is 7.68. The van der Waals surface area contributed by atoms with Gasteiger partial charge in [-0.3, -0.25) is 10.2 Å². The van der Waals surface area contributed by atoms with Crippen LogP contribution in [0.1, 0.15) is 31.7 Å². The Bertz CT molecular complexity index is 472. The zero-order valence-corrected chi connectivity index (χ0v) is 12.9. The lowest BCUT2D eigenvalue weighted by Crippen LogP contribution is -2.44. The van der Waals surface area contributed by atoms with Crippen LogP contribution in [-0.4, -0.2) is 36.5 Å². The van der Waals surface area contributed by atoms with Crippen molar-refractivity contribution in [3.8, 4) is 0 Å². The van der Waals surface area contributed by atoms with E-state index < -0.39 is 0 Å². The van der Waals surface area contributed by atoms with Crippen LogP contribution in [0.15, 0.2) is 36.4 Å². The van der Waals surface area contributed by atoms with Crippen molar-refractivity contribution in [1.82, 2.24) is 15.8 Å². The van der Waals surface area contributed by atoms with Gasteiger partial charge in [0.15, 0.2) is 0 Å². The number of hydrogen-bond donors (Lipinski definition) is 2. The Morgan fingerprint density at radius 2 is 2.10 bits per heavy atom. The molecular formula is C17H25N3O. The Morgan fingerprint density at radius 3 is 2.81 bits per heavy atom. The van der Waals surface area contributed by atoms with E-state index in [1.807, 2.05) is 37.4 Å². The zero-order chi connectivity index (χ0) is 15.1. The van der Waals surface area contributed by atoms with Crippen LogP contribution in [0, 0.1) is 0 Å². The first kappa shape index (κ1) is 15.7. The maximum atomic E-state index is 12.3. The average molecular weight is 287 g/mol. The third-order valence-electron chi connectivity index (χ3n) is 3.78. The Morgan fingerprint density at radius 1 is 1.33 bits per heavy atom. The molecule has 0 aromatic heterocycles. The molecule has 2 atom stereocenters. The molecule has 1 saturated heterocycles. The molecule has 1 heterocycles. The smallest absolute Gasteiger partial charge is 0.241 e. The summed E-state index contributed by atoms with van der Waals surface area (Å²) in [7, 11) is 1.85. The third-order valence-corrected chi connectivity index (χ3v) is 3.78. The molecule has 2 N–H and O–H groups in total. The monoisotopic (exact) mass is 287 g/mol. The summed E-state index contributed by atoms with van der Waals surface area (Å²) < 4.78 is 0. The van der Waals surface area contributed by atoms with Crippen LogP contribution in [0.4, 0.5) is 0 Å². The normalized spacial score (nSPS) is 21.8. The molecule has 2 unspecified atom stereocenters. The molecular weight excluding hydrogens is 262 g/mol. The summed E-state index contributed by atoms with van der Waals surface area (Å²) in [5.41, 5.74) is 7.48. The van der Waals surface area contributed by atoms with Gasteiger partial charge in [-0.1, -0.05) is 55.8 Å². The molecule has 0 spiro atoms. The molecule has 1 aromatic carbocycles. The third kappa shape index (κ3) is 4.69. The summed E-state index contributed by atoms with van der Waals surface area (Å²) in [6.07, 6.45) is 7.19. The van der Waals surface area contributed by atoms with Gasteiger partial charge in [0, 0.05) is 19.6 Å². The molecule has 0 bridgehead atoms. The highest BCUT2D eigenvalue weighted by molar-refractivity contribution is 5.82. The molecule has 4 nitrogen and oxygen atoms in total. The Labute approximate surface area is 127 Å². The van der Waals surface area contributed by atoms with Crippen molar-refractivity contribution in [2.24, 2.45) is 0 Å². The van der Waals surface area contributed by atoms with Crippen molar-refractivity contribution in [2.45, 2.75) is 38.3 Å². The Hall–Kier alpha value is -1.65. The molecule has 2 rings (SSSR count). The molecule has 0 aliphatic carbocycles. The predicted octanol–water partition coefficient (Wildman–Crippen LogP) is 2.19. The second kappa shape index (κ2) is 7.96. The molecule has 1 fully saturated rings. The topological polar surface area (TPSA) is 44.4 Å². The number of hydrogen-bond acceptors (Lipinski definition) is 3. The summed E-state index contributed by atoms with van der Waals surface area (Å²) in [5, 5.41) is 0. The number of likely N-dealkylation sites (N-methyl/N-ethyl adjacent to an activating group) is 1. The van der Waals surface area contributed by atoms with Gasteiger partial charge >= 0.3 is 0 Å². The van der Waals surface area contributed by atoms with Gasteiger partial charge in [0.1, 0.15) is 6.04 Å². The van der Waals surface area contributed by atoms with Gasteiger partial charge in [-0.2, -0.15) is 0 Å². The van der Waals surface area contributed by atoms with Gasteiger partial charge in [0.2, 0.25) is 5.91 Å². The standard InChI is InChI=1S/C17H25N3O/c1-3-8-15-13-16(19-18-15)17(21)20(2)12-7-11-14-9-5-4-6-10-14/h4-7,9-11,15-16,18-19H,3,8,12-13H2,1-2H3/b11-7+. The van der Waals surface area contributed by atoms with E-state index in [0.717, 1.165) is 24.8 Å². The van der Waals surface area contributed by atoms with Crippen LogP contribution in [0.25, 0.3) is 6.08 Å². The molecule has 1 aliphatic rings. The minimum absolute atomic E-state index is 0.100. The lowest BCUT2D eigenvalue weighted by atomic mass is 10.1. The van der Waals surface area contributed by atoms with Crippen LogP contribution < -0.4 is 10.9 Å². The number of benzene rings is 1. The highest BCUT2D eigenvalue weighted by Crippen LogP contribution is 2.12. The van der Waals surface area contributed by atoms with E-state index in [1.54, 1.807) is 4.90 Å². The summed E-state index contributed by atoms with van der Waals surface area (Å²) in [5.74, 6) is 0.152. The summed E-state index contributed by atoms with van der Waals surface area (Å²) >= 11 is 0. The van der Waals surface area contributed by atoms with Crippen molar-refractivity contribution in [3.63, 3.8) is 0 Å². The molecule has 0 radical (unpaired) electrons. The van der Waals surface area contributed by atoms with Crippen LogP contribution in [0.5, 0.6) is 0 Å². The van der Waals surface area contributed by atoms with Gasteiger partial charge in [-0.25, -0.2) is 5.43 Å². The van der Waals surface area contributed by atoms with E-state index in [1.165, 1.54) is 0 Å². The number of nitrogens with one attached hydrogen (secondary N) is 2. The van der Waals surface area contributed by atoms with E-state index >= 15 is 0 Å². The molecule has 0 saturated carbocycles. The Kier molecular flexibility index (Phi) is 5.96. The molecule has 114 valence electrons. The Balaban J connectivity index is 1.79. The first-order chi connectivity index (χ1) is 10.2. The summed E-state index contributed by atoms with van der Waals surface area (Å²) in [6, 6.07) is 10.4. The van der Waals surface area contributed by atoms with Crippen molar-refractivity contribution >= 4 is 12.0 Å². The second-order valence-corrected chi connectivity index (χ2v) is 5.59. The number of carbonyl (C=O) groups excluding carboxylic acids is 1. The number of hydrazine groups is 1. The summed E-state index contributed by atoms with van der Waals surface area (Å²) in [4.78, 5) is 14.1. The van der Waals surface area contributed by atoms with Crippen molar-refractivity contribution in [2.75, 3.05) is 13.6 Å². The largest absolute Gasteiger partial charge is 0.341 e. The maximum Gasteiger partial charge on any atom is 0.241 e. The molecule has 21 heavy (non-hydrogen) atoms. The zero-order valence-electron chi connectivity index (χ0n) is 12.9. The first-order valence-electron chi connectivity index (χ1n) is 7.68. The quantitative estimate of drug-likeness (QED) is 0.843. The van der Waals surface area contributed by atoms with Gasteiger partial charge in [-0.05, 0) is 18.4 Å². The molecule has 1 aromatic rings. The van der Waals surface area contributed by atoms with Gasteiger partial charge < -0.3 is 4.90 Å². The molecule has 1 amide bonds. The fourth-order valence-corrected chi connectivity index (χ4v) is 2.59. The minimum Gasteiger partial charge on any atom is -0.341 e. The average Bonchev–Trinajstić information content (AvgIpc) is 2.96. The predicted molar refractivity (Wildman–Crippen MR) is 86.5 cm³/mol. The summed E-state index contributed by atoms with van der Waals surface area (Å²) in [6.45, 7) is 2.79. The van der Waals surface area contributed by atoms with Crippen LogP contribution in [0.2, 0.25) is 0 Å². The van der Waals surface area contributed by atoms with Gasteiger partial charge in [0.25, 0.3) is 0 Å². The van der Waals surface area contributed by atoms with Crippen molar-refractivity contribution in [1.29, 1.82) is 0 Å². The fourth-order valence-electron chi connectivity index (χ4n) is 2.59. The number of rotatable bonds is 6. The van der Waals surface area contributed by atoms with E-state index in [9.17, 15) is 4.79 Å². The second-order valence-electron chi connectivity index (χ2n) is 5.59. The van der Waals surface area contributed by atoms with Crippen LogP contribution >= 0.6 is 0 Å². The van der Waals surface area contributed by atoms with E-state index in [-0.39, 0.29) is 11.9 Å². The van der Waals surface area contributed by atoms with Gasteiger partial charge in [0.05, 0.1) is 0 Å². The maximum absolute atomic E-state index is 12.3. The minimum atomic E-state index is -0.100. The highest BCUT2D eigenvalue weighted by atomic mass is 16.2. The molecule has 4 heteroatoms. The van der Waals surface area contributed by atoms with Gasteiger partial charge in [-0.15, -0.1) is 0 Å². The lowest BCUT2D eigenvalue weighted by Gasteiger charge is -2.19. The van der Waals surface area contributed by atoms with E-state index in [0.29, 0.717) is 12.6 Å². The van der Waals surface area contributed by atoms with E-state index in [2.05, 4.69) is 29.9 Å². The van der Waals surface area contributed by atoms with Crippen LogP contribution in [0.3, 0.4) is 0 Å². The van der Waals surface area contributed by atoms with E-state index in [4.69, 9.17) is 0 Å². The van der Waals surface area contributed by atoms with Crippen molar-refractivity contribution < 1.29 is 4.79 Å². The van der Waals surface area contributed by atoms with Crippen LogP contribution in [-0.2, 0) is 4.79 Å². The SMILES string of the molecule is CCCC1CC(C(=O)N(C)C/C=C/c2ccccc2)NN1. The lowest BCUT2D eigenvalue weighted by molar-refractivity contribution is -0.131. The fraction of sp³-hybridized carbons (Fsp3) is 0.471. The van der Waals surface area contributed by atoms with Crippen molar-refractivity contribution in [3.05, 3.63) is 42.0 Å².